The Morgan fingerprint density at radius 3 is 2.66 bits per heavy atom. The van der Waals surface area contributed by atoms with Crippen LogP contribution < -0.4 is 10.6 Å². The second kappa shape index (κ2) is 12.5. The van der Waals surface area contributed by atoms with Crippen LogP contribution in [0.1, 0.15) is 34.7 Å². The van der Waals surface area contributed by atoms with E-state index in [4.69, 9.17) is 4.74 Å². The first-order valence-corrected chi connectivity index (χ1v) is 10.9. The van der Waals surface area contributed by atoms with Crippen LogP contribution in [0.3, 0.4) is 0 Å². The Kier molecular flexibility index (Phi) is 10.4. The van der Waals surface area contributed by atoms with Crippen molar-refractivity contribution in [3.05, 3.63) is 57.3 Å². The summed E-state index contributed by atoms with van der Waals surface area (Å²) in [6, 6.07) is 13.2. The smallest absolute Gasteiger partial charge is 0.191 e. The first kappa shape index (κ1) is 24.1. The molecule has 2 aromatic rings. The number of aryl methyl sites for hydroxylation is 1. The van der Waals surface area contributed by atoms with Crippen molar-refractivity contribution >= 4 is 41.3 Å². The molecule has 1 saturated heterocycles. The normalized spacial score (nSPS) is 17.6. The van der Waals surface area contributed by atoms with Gasteiger partial charge in [0.1, 0.15) is 0 Å². The Bertz CT molecular complexity index is 780. The van der Waals surface area contributed by atoms with E-state index in [2.05, 4.69) is 70.8 Å². The lowest BCUT2D eigenvalue weighted by molar-refractivity contribution is -0.0212. The van der Waals surface area contributed by atoms with Gasteiger partial charge in [-0.2, -0.15) is 0 Å². The van der Waals surface area contributed by atoms with Crippen molar-refractivity contribution < 1.29 is 4.74 Å². The molecule has 1 aliphatic rings. The first-order valence-electron chi connectivity index (χ1n) is 10.1. The summed E-state index contributed by atoms with van der Waals surface area (Å²) >= 11 is 1.86. The van der Waals surface area contributed by atoms with Gasteiger partial charge in [0, 0.05) is 43.0 Å². The maximum absolute atomic E-state index is 5.64. The molecule has 3 rings (SSSR count). The van der Waals surface area contributed by atoms with Crippen molar-refractivity contribution in [2.75, 3.05) is 26.7 Å². The number of thiophene rings is 1. The van der Waals surface area contributed by atoms with Gasteiger partial charge in [0.05, 0.1) is 19.3 Å². The summed E-state index contributed by atoms with van der Waals surface area (Å²) in [6.45, 7) is 9.72. The fourth-order valence-corrected chi connectivity index (χ4v) is 4.31. The van der Waals surface area contributed by atoms with Crippen LogP contribution in [0.4, 0.5) is 0 Å². The molecule has 0 saturated carbocycles. The zero-order valence-corrected chi connectivity index (χ0v) is 20.8. The summed E-state index contributed by atoms with van der Waals surface area (Å²) < 4.78 is 5.64. The van der Waals surface area contributed by atoms with Crippen LogP contribution in [0.25, 0.3) is 0 Å². The molecule has 1 aromatic carbocycles. The largest absolute Gasteiger partial charge is 0.376 e. The highest BCUT2D eigenvalue weighted by atomic mass is 127. The van der Waals surface area contributed by atoms with Crippen molar-refractivity contribution in [1.82, 2.24) is 15.5 Å². The molecule has 1 aliphatic heterocycles. The van der Waals surface area contributed by atoms with E-state index in [0.29, 0.717) is 6.10 Å². The molecule has 2 N–H and O–H groups in total. The van der Waals surface area contributed by atoms with Crippen LogP contribution in [-0.2, 0) is 30.8 Å². The molecule has 0 spiro atoms. The lowest BCUT2D eigenvalue weighted by Crippen LogP contribution is -2.40. The van der Waals surface area contributed by atoms with E-state index in [0.717, 1.165) is 51.7 Å². The third-order valence-corrected chi connectivity index (χ3v) is 6.13. The van der Waals surface area contributed by atoms with Gasteiger partial charge in [-0.25, -0.2) is 0 Å². The highest BCUT2D eigenvalue weighted by molar-refractivity contribution is 14.0. The van der Waals surface area contributed by atoms with E-state index in [1.807, 2.05) is 18.4 Å². The van der Waals surface area contributed by atoms with Gasteiger partial charge in [0.15, 0.2) is 5.96 Å². The van der Waals surface area contributed by atoms with Gasteiger partial charge >= 0.3 is 0 Å². The van der Waals surface area contributed by atoms with Gasteiger partial charge in [-0.15, -0.1) is 35.3 Å². The molecular formula is C22H33IN4OS. The van der Waals surface area contributed by atoms with Crippen molar-refractivity contribution in [3.8, 4) is 0 Å². The molecular weight excluding hydrogens is 495 g/mol. The summed E-state index contributed by atoms with van der Waals surface area (Å²) in [4.78, 5) is 9.57. The fourth-order valence-electron chi connectivity index (χ4n) is 3.41. The van der Waals surface area contributed by atoms with Crippen LogP contribution in [0.5, 0.6) is 0 Å². The Hall–Kier alpha value is -1.16. The number of benzene rings is 1. The monoisotopic (exact) mass is 528 g/mol. The molecule has 0 radical (unpaired) electrons. The molecule has 1 atom stereocenters. The SMILES string of the molecule is CCc1ccc(CNC(=NC)NCc2cccc(CN3CCOC(C)C3)c2)s1.I. The van der Waals surface area contributed by atoms with Crippen LogP contribution in [0.15, 0.2) is 41.4 Å². The average molecular weight is 529 g/mol. The Labute approximate surface area is 196 Å². The van der Waals surface area contributed by atoms with Gasteiger partial charge in [0.2, 0.25) is 0 Å². The number of halogens is 1. The molecule has 7 heteroatoms. The van der Waals surface area contributed by atoms with Gasteiger partial charge in [0.25, 0.3) is 0 Å². The van der Waals surface area contributed by atoms with Gasteiger partial charge in [-0.3, -0.25) is 9.89 Å². The van der Waals surface area contributed by atoms with Gasteiger partial charge in [-0.05, 0) is 36.6 Å². The molecule has 0 aliphatic carbocycles. The average Bonchev–Trinajstić information content (AvgIpc) is 3.16. The summed E-state index contributed by atoms with van der Waals surface area (Å²) in [6.07, 6.45) is 1.42. The lowest BCUT2D eigenvalue weighted by Gasteiger charge is -2.31. The van der Waals surface area contributed by atoms with Gasteiger partial charge in [-0.1, -0.05) is 31.2 Å². The van der Waals surface area contributed by atoms with E-state index in [1.54, 1.807) is 0 Å². The van der Waals surface area contributed by atoms with E-state index in [-0.39, 0.29) is 24.0 Å². The number of hydrogen-bond donors (Lipinski definition) is 2. The number of morpholine rings is 1. The zero-order valence-electron chi connectivity index (χ0n) is 17.6. The van der Waals surface area contributed by atoms with Crippen molar-refractivity contribution in [2.45, 2.75) is 46.0 Å². The number of guanidine groups is 1. The Morgan fingerprint density at radius 1 is 1.17 bits per heavy atom. The lowest BCUT2D eigenvalue weighted by atomic mass is 10.1. The fraction of sp³-hybridized carbons (Fsp3) is 0.500. The number of hydrogen-bond acceptors (Lipinski definition) is 4. The predicted molar refractivity (Wildman–Crippen MR) is 133 cm³/mol. The maximum Gasteiger partial charge on any atom is 0.191 e. The zero-order chi connectivity index (χ0) is 19.8. The number of rotatable bonds is 7. The third kappa shape index (κ3) is 7.88. The van der Waals surface area contributed by atoms with E-state index < -0.39 is 0 Å². The second-order valence-electron chi connectivity index (χ2n) is 7.24. The first-order chi connectivity index (χ1) is 13.7. The van der Waals surface area contributed by atoms with Crippen molar-refractivity contribution in [3.63, 3.8) is 0 Å². The van der Waals surface area contributed by atoms with Crippen LogP contribution in [-0.4, -0.2) is 43.7 Å². The quantitative estimate of drug-likeness (QED) is 0.324. The third-order valence-electron chi connectivity index (χ3n) is 4.90. The minimum absolute atomic E-state index is 0. The summed E-state index contributed by atoms with van der Waals surface area (Å²) in [7, 11) is 1.82. The van der Waals surface area contributed by atoms with E-state index >= 15 is 0 Å². The molecule has 1 fully saturated rings. The minimum atomic E-state index is 0. The molecule has 5 nitrogen and oxygen atoms in total. The van der Waals surface area contributed by atoms with Crippen molar-refractivity contribution in [2.24, 2.45) is 4.99 Å². The molecule has 0 bridgehead atoms. The molecule has 2 heterocycles. The van der Waals surface area contributed by atoms with E-state index in [1.165, 1.54) is 20.9 Å². The molecule has 0 amide bonds. The number of ether oxygens (including phenoxy) is 1. The molecule has 1 aromatic heterocycles. The summed E-state index contributed by atoms with van der Waals surface area (Å²) in [5.74, 6) is 0.832. The van der Waals surface area contributed by atoms with Crippen LogP contribution in [0, 0.1) is 0 Å². The Balaban J connectivity index is 0.00000300. The Morgan fingerprint density at radius 2 is 1.93 bits per heavy atom. The summed E-state index contributed by atoms with van der Waals surface area (Å²) in [5, 5.41) is 6.83. The van der Waals surface area contributed by atoms with E-state index in [9.17, 15) is 0 Å². The number of aliphatic imine (C=N–C) groups is 1. The topological polar surface area (TPSA) is 48.9 Å². The summed E-state index contributed by atoms with van der Waals surface area (Å²) in [5.41, 5.74) is 2.62. The predicted octanol–water partition coefficient (Wildman–Crippen LogP) is 4.01. The van der Waals surface area contributed by atoms with Crippen LogP contribution >= 0.6 is 35.3 Å². The number of nitrogens with zero attached hydrogens (tertiary/aromatic N) is 2. The second-order valence-corrected chi connectivity index (χ2v) is 8.49. The van der Waals surface area contributed by atoms with Gasteiger partial charge < -0.3 is 15.4 Å². The van der Waals surface area contributed by atoms with Crippen molar-refractivity contribution in [1.29, 1.82) is 0 Å². The number of nitrogens with one attached hydrogen (secondary N) is 2. The highest BCUT2D eigenvalue weighted by Crippen LogP contribution is 2.16. The minimum Gasteiger partial charge on any atom is -0.376 e. The molecule has 160 valence electrons. The molecule has 1 unspecified atom stereocenters. The molecule has 29 heavy (non-hydrogen) atoms. The highest BCUT2D eigenvalue weighted by Gasteiger charge is 2.16. The maximum atomic E-state index is 5.64. The standard InChI is InChI=1S/C22H32N4OS.HI/c1-4-20-8-9-21(28-20)14-25-22(23-3)24-13-18-6-5-7-19(12-18)16-26-10-11-27-17(2)15-26;/h5-9,12,17H,4,10-11,13-16H2,1-3H3,(H2,23,24,25);1H. The van der Waals surface area contributed by atoms with Crippen LogP contribution in [0.2, 0.25) is 0 Å².